The number of esters is 2. The lowest BCUT2D eigenvalue weighted by molar-refractivity contribution is -0.202. The molecule has 266 valence electrons. The van der Waals surface area contributed by atoms with Crippen LogP contribution < -0.4 is 32.7 Å². The number of amidine groups is 1. The molecule has 49 heavy (non-hydrogen) atoms. The summed E-state index contributed by atoms with van der Waals surface area (Å²) >= 11 is 0. The van der Waals surface area contributed by atoms with Gasteiger partial charge in [0.2, 0.25) is 17.7 Å². The molecular formula is C32H41F3N8O6. The van der Waals surface area contributed by atoms with Crippen molar-refractivity contribution in [2.75, 3.05) is 6.54 Å². The Balaban J connectivity index is 2.30. The summed E-state index contributed by atoms with van der Waals surface area (Å²) in [6, 6.07) is 12.2. The van der Waals surface area contributed by atoms with Crippen LogP contribution in [0.5, 0.6) is 0 Å². The number of benzene rings is 2. The molecule has 0 aliphatic rings. The molecule has 14 nitrogen and oxygen atoms in total. The highest BCUT2D eigenvalue weighted by molar-refractivity contribution is 6.02. The summed E-state index contributed by atoms with van der Waals surface area (Å²) in [7, 11) is 0. The number of guanidine groups is 1. The van der Waals surface area contributed by atoms with Gasteiger partial charge in [0.1, 0.15) is 23.8 Å². The standard InChI is InChI=1S/C32H41F3N8O6/c1-2-3-10-23(28(46)43-24(11-7-16-40-31(38)39)29(47)49-30(48)32(33,34)35)42-27(45)22(17-19-12-14-21(15-13-19)25(36)37)26(44)41-18-20-8-5-4-6-9-20/h4-6,8-9,12-15,22-24H,2-3,7,10-11,16-18H2,1H3,(H3,36,37)(H,41,44)(H,42,45)(H,43,46)(H4,38,39,40)/t22?,23-,24-/m0/s1. The Bertz CT molecular complexity index is 1470. The van der Waals surface area contributed by atoms with Gasteiger partial charge in [0, 0.05) is 18.7 Å². The summed E-state index contributed by atoms with van der Waals surface area (Å²) in [6.07, 6.45) is -4.87. The normalized spacial score (nSPS) is 12.8. The molecule has 0 bridgehead atoms. The molecular weight excluding hydrogens is 649 g/mol. The third kappa shape index (κ3) is 14.0. The van der Waals surface area contributed by atoms with E-state index in [2.05, 4.69) is 26.0 Å². The summed E-state index contributed by atoms with van der Waals surface area (Å²) in [5.41, 5.74) is 12.5. The monoisotopic (exact) mass is 690 g/mol. The Morgan fingerprint density at radius 3 is 1.98 bits per heavy atom. The summed E-state index contributed by atoms with van der Waals surface area (Å²) in [5, 5.41) is 24.8. The number of unbranched alkanes of at least 4 members (excludes halogenated alkanes) is 1. The summed E-state index contributed by atoms with van der Waals surface area (Å²) < 4.78 is 42.3. The van der Waals surface area contributed by atoms with E-state index in [1.165, 1.54) is 0 Å². The van der Waals surface area contributed by atoms with Gasteiger partial charge in [0.15, 0.2) is 5.96 Å². The number of halogens is 3. The van der Waals surface area contributed by atoms with Gasteiger partial charge in [0.05, 0.1) is 0 Å². The lowest BCUT2D eigenvalue weighted by Crippen LogP contribution is -2.54. The maximum absolute atomic E-state index is 13.7. The van der Waals surface area contributed by atoms with E-state index in [0.717, 1.165) is 5.56 Å². The van der Waals surface area contributed by atoms with Crippen LogP contribution in [-0.2, 0) is 41.7 Å². The van der Waals surface area contributed by atoms with Gasteiger partial charge >= 0.3 is 18.1 Å². The highest BCUT2D eigenvalue weighted by Crippen LogP contribution is 2.18. The van der Waals surface area contributed by atoms with Crippen molar-refractivity contribution in [1.82, 2.24) is 21.3 Å². The highest BCUT2D eigenvalue weighted by atomic mass is 19.4. The van der Waals surface area contributed by atoms with Crippen molar-refractivity contribution < 1.29 is 41.9 Å². The van der Waals surface area contributed by atoms with Crippen molar-refractivity contribution in [2.24, 2.45) is 17.4 Å². The van der Waals surface area contributed by atoms with Crippen LogP contribution in [0.25, 0.3) is 0 Å². The van der Waals surface area contributed by atoms with E-state index >= 15 is 0 Å². The molecule has 0 radical (unpaired) electrons. The van der Waals surface area contributed by atoms with Crippen molar-refractivity contribution in [3.8, 4) is 0 Å². The number of amides is 3. The molecule has 17 heteroatoms. The molecule has 0 saturated carbocycles. The van der Waals surface area contributed by atoms with E-state index in [1.807, 2.05) is 6.92 Å². The number of alkyl halides is 3. The van der Waals surface area contributed by atoms with Gasteiger partial charge < -0.3 is 37.5 Å². The Morgan fingerprint density at radius 2 is 1.41 bits per heavy atom. The number of hydrogen-bond donors (Lipinski definition) is 8. The lowest BCUT2D eigenvalue weighted by atomic mass is 9.95. The molecule has 0 saturated heterocycles. The van der Waals surface area contributed by atoms with Crippen LogP contribution in [-0.4, -0.2) is 66.3 Å². The number of hydrogen-bond acceptors (Lipinski definition) is 8. The van der Waals surface area contributed by atoms with Crippen LogP contribution in [0.2, 0.25) is 0 Å². The Morgan fingerprint density at radius 1 is 0.796 bits per heavy atom. The molecule has 10 N–H and O–H groups in total. The smallest absolute Gasteiger partial charge is 0.385 e. The Kier molecular flexibility index (Phi) is 15.7. The van der Waals surface area contributed by atoms with E-state index in [4.69, 9.17) is 22.3 Å². The molecule has 0 aromatic heterocycles. The van der Waals surface area contributed by atoms with Crippen LogP contribution in [0.3, 0.4) is 0 Å². The van der Waals surface area contributed by atoms with Crippen molar-refractivity contribution in [3.05, 3.63) is 71.3 Å². The van der Waals surface area contributed by atoms with Gasteiger partial charge in [0.25, 0.3) is 0 Å². The molecule has 0 heterocycles. The molecule has 2 aromatic rings. The van der Waals surface area contributed by atoms with Gasteiger partial charge in [-0.1, -0.05) is 74.4 Å². The summed E-state index contributed by atoms with van der Waals surface area (Å²) in [4.78, 5) is 64.5. The van der Waals surface area contributed by atoms with Crippen molar-refractivity contribution in [1.29, 1.82) is 10.8 Å². The molecule has 0 spiro atoms. The second-order valence-corrected chi connectivity index (χ2v) is 11.0. The second-order valence-electron chi connectivity index (χ2n) is 11.0. The number of carbonyl (C=O) groups excluding carboxylic acids is 5. The minimum Gasteiger partial charge on any atom is -0.385 e. The predicted molar refractivity (Wildman–Crippen MR) is 173 cm³/mol. The average molecular weight is 691 g/mol. The molecule has 1 unspecified atom stereocenters. The van der Waals surface area contributed by atoms with Gasteiger partial charge in [-0.25, -0.2) is 9.59 Å². The van der Waals surface area contributed by atoms with Crippen molar-refractivity contribution in [2.45, 2.75) is 70.3 Å². The average Bonchev–Trinajstić information content (AvgIpc) is 3.05. The molecule has 0 aliphatic heterocycles. The van der Waals surface area contributed by atoms with E-state index in [9.17, 15) is 37.1 Å². The molecule has 2 aromatic carbocycles. The van der Waals surface area contributed by atoms with Gasteiger partial charge in [-0.2, -0.15) is 13.2 Å². The predicted octanol–water partition coefficient (Wildman–Crippen LogP) is 1.50. The summed E-state index contributed by atoms with van der Waals surface area (Å²) in [6.45, 7) is 1.92. The fraction of sp³-hybridized carbons (Fsp3) is 0.406. The first-order valence-electron chi connectivity index (χ1n) is 15.4. The molecule has 0 aliphatic carbocycles. The van der Waals surface area contributed by atoms with Gasteiger partial charge in [-0.05, 0) is 36.8 Å². The SMILES string of the molecule is CCCC[C@H](NC(=O)C(Cc1ccc(C(=N)N)cc1)C(=O)NCc1ccccc1)C(=O)N[C@@H](CCCNC(=N)N)C(=O)OC(=O)C(F)(F)F. The number of rotatable bonds is 18. The molecule has 3 atom stereocenters. The van der Waals surface area contributed by atoms with Crippen LogP contribution in [0, 0.1) is 16.7 Å². The van der Waals surface area contributed by atoms with E-state index < -0.39 is 59.8 Å². The number of carbonyl (C=O) groups is 5. The number of nitrogens with one attached hydrogen (secondary N) is 6. The fourth-order valence-electron chi connectivity index (χ4n) is 4.49. The fourth-order valence-corrected chi connectivity index (χ4v) is 4.49. The second kappa shape index (κ2) is 19.4. The minimum atomic E-state index is -5.47. The van der Waals surface area contributed by atoms with Crippen LogP contribution in [0.15, 0.2) is 54.6 Å². The quantitative estimate of drug-likeness (QED) is 0.0371. The van der Waals surface area contributed by atoms with Crippen molar-refractivity contribution in [3.63, 3.8) is 0 Å². The third-order valence-electron chi connectivity index (χ3n) is 7.14. The zero-order chi connectivity index (χ0) is 36.6. The number of nitrogens with two attached hydrogens (primary N) is 2. The van der Waals surface area contributed by atoms with E-state index in [1.54, 1.807) is 54.6 Å². The maximum atomic E-state index is 13.7. The topological polar surface area (TPSA) is 242 Å². The first-order chi connectivity index (χ1) is 23.1. The molecule has 3 amide bonds. The molecule has 2 rings (SSSR count). The lowest BCUT2D eigenvalue weighted by Gasteiger charge is -2.24. The van der Waals surface area contributed by atoms with Crippen molar-refractivity contribution >= 4 is 41.5 Å². The van der Waals surface area contributed by atoms with Gasteiger partial charge in [-0.3, -0.25) is 25.2 Å². The van der Waals surface area contributed by atoms with Crippen LogP contribution in [0.1, 0.15) is 55.7 Å². The molecule has 0 fully saturated rings. The van der Waals surface area contributed by atoms with Gasteiger partial charge in [-0.15, -0.1) is 0 Å². The first kappa shape index (κ1) is 39.7. The number of ether oxygens (including phenoxy) is 1. The van der Waals surface area contributed by atoms with Crippen LogP contribution >= 0.6 is 0 Å². The zero-order valence-electron chi connectivity index (χ0n) is 26.8. The largest absolute Gasteiger partial charge is 0.491 e. The zero-order valence-corrected chi connectivity index (χ0v) is 26.8. The first-order valence-corrected chi connectivity index (χ1v) is 15.4. The highest BCUT2D eigenvalue weighted by Gasteiger charge is 2.43. The Labute approximate surface area is 280 Å². The van der Waals surface area contributed by atoms with E-state index in [-0.39, 0.29) is 44.6 Å². The third-order valence-corrected chi connectivity index (χ3v) is 7.14. The summed E-state index contributed by atoms with van der Waals surface area (Å²) in [5.74, 6) is -8.84. The van der Waals surface area contributed by atoms with E-state index in [0.29, 0.717) is 24.0 Å². The number of nitrogen functional groups attached to an aromatic ring is 1. The van der Waals surface area contributed by atoms with Crippen LogP contribution in [0.4, 0.5) is 13.2 Å². The minimum absolute atomic E-state index is 0.00533. The maximum Gasteiger partial charge on any atom is 0.491 e. The Hall–Kier alpha value is -5.48.